The summed E-state index contributed by atoms with van der Waals surface area (Å²) in [4.78, 5) is 14.8. The number of hydrogen-bond acceptors (Lipinski definition) is 6. The maximum Gasteiger partial charge on any atom is 0.276 e. The number of nitrogens with one attached hydrogen (secondary N) is 2. The lowest BCUT2D eigenvalue weighted by Crippen LogP contribution is -2.19. The van der Waals surface area contributed by atoms with Crippen LogP contribution in [-0.2, 0) is 0 Å². The monoisotopic (exact) mass is 400 g/mol. The molecule has 0 saturated carbocycles. The molecule has 30 heavy (non-hydrogen) atoms. The Balaban J connectivity index is 1.30. The molecule has 1 aliphatic heterocycles. The summed E-state index contributed by atoms with van der Waals surface area (Å²) in [7, 11) is 0. The molecule has 1 amide bonds. The lowest BCUT2D eigenvalue weighted by Gasteiger charge is -2.15. The highest BCUT2D eigenvalue weighted by molar-refractivity contribution is 6.03. The molecule has 1 aliphatic rings. The minimum Gasteiger partial charge on any atom is -0.463 e. The van der Waals surface area contributed by atoms with Gasteiger partial charge in [0.2, 0.25) is 0 Å². The number of anilines is 2. The van der Waals surface area contributed by atoms with Crippen molar-refractivity contribution >= 4 is 17.4 Å². The Morgan fingerprint density at radius 3 is 2.70 bits per heavy atom. The van der Waals surface area contributed by atoms with Crippen LogP contribution in [-0.4, -0.2) is 39.4 Å². The quantitative estimate of drug-likeness (QED) is 0.526. The molecule has 3 aromatic heterocycles. The highest BCUT2D eigenvalue weighted by Gasteiger charge is 2.15. The van der Waals surface area contributed by atoms with Gasteiger partial charge in [0, 0.05) is 30.4 Å². The molecule has 1 aromatic carbocycles. The van der Waals surface area contributed by atoms with Gasteiger partial charge in [-0.25, -0.2) is 0 Å². The summed E-state index contributed by atoms with van der Waals surface area (Å²) < 4.78 is 5.32. The highest BCUT2D eigenvalue weighted by Crippen LogP contribution is 2.24. The van der Waals surface area contributed by atoms with E-state index >= 15 is 0 Å². The van der Waals surface area contributed by atoms with Crippen molar-refractivity contribution in [1.82, 2.24) is 20.4 Å². The van der Waals surface area contributed by atoms with Crippen molar-refractivity contribution in [3.63, 3.8) is 0 Å². The number of aromatic nitrogens is 4. The topological polar surface area (TPSA) is 99.9 Å². The zero-order valence-corrected chi connectivity index (χ0v) is 16.2. The normalized spacial score (nSPS) is 13.5. The van der Waals surface area contributed by atoms with E-state index in [0.29, 0.717) is 17.1 Å². The first-order valence-corrected chi connectivity index (χ1v) is 9.86. The van der Waals surface area contributed by atoms with Crippen molar-refractivity contribution in [1.29, 1.82) is 0 Å². The average Bonchev–Trinajstić information content (AvgIpc) is 3.56. The molecule has 0 bridgehead atoms. The van der Waals surface area contributed by atoms with Gasteiger partial charge in [-0.05, 0) is 49.2 Å². The van der Waals surface area contributed by atoms with Crippen LogP contribution in [0.3, 0.4) is 0 Å². The van der Waals surface area contributed by atoms with Gasteiger partial charge in [0.25, 0.3) is 5.91 Å². The SMILES string of the molecule is O=C(Nc1cccc(-c2ccc(N3CCCC3)nn2)c1)c1cc(-c2ccco2)[nH]n1. The summed E-state index contributed by atoms with van der Waals surface area (Å²) in [5, 5.41) is 18.5. The number of rotatable bonds is 5. The first-order valence-electron chi connectivity index (χ1n) is 9.86. The van der Waals surface area contributed by atoms with Crippen molar-refractivity contribution in [2.24, 2.45) is 0 Å². The summed E-state index contributed by atoms with van der Waals surface area (Å²) in [6.45, 7) is 2.06. The Morgan fingerprint density at radius 1 is 1.03 bits per heavy atom. The summed E-state index contributed by atoms with van der Waals surface area (Å²) in [6, 6.07) is 16.7. The molecule has 4 heterocycles. The van der Waals surface area contributed by atoms with Gasteiger partial charge in [0.15, 0.2) is 17.3 Å². The first-order chi connectivity index (χ1) is 14.8. The molecular weight excluding hydrogens is 380 g/mol. The molecule has 4 aromatic rings. The second-order valence-corrected chi connectivity index (χ2v) is 7.15. The summed E-state index contributed by atoms with van der Waals surface area (Å²) in [5.74, 6) is 1.22. The minimum atomic E-state index is -0.309. The van der Waals surface area contributed by atoms with Crippen molar-refractivity contribution in [2.45, 2.75) is 12.8 Å². The predicted octanol–water partition coefficient (Wildman–Crippen LogP) is 3.98. The number of amides is 1. The molecule has 5 rings (SSSR count). The predicted molar refractivity (Wildman–Crippen MR) is 113 cm³/mol. The number of furan rings is 1. The number of carbonyl (C=O) groups is 1. The Kier molecular flexibility index (Phi) is 4.72. The van der Waals surface area contributed by atoms with E-state index in [9.17, 15) is 4.79 Å². The molecular formula is C22H20N6O2. The number of benzene rings is 1. The van der Waals surface area contributed by atoms with Crippen LogP contribution in [0.1, 0.15) is 23.3 Å². The summed E-state index contributed by atoms with van der Waals surface area (Å²) in [6.07, 6.45) is 3.97. The smallest absolute Gasteiger partial charge is 0.276 e. The van der Waals surface area contributed by atoms with Gasteiger partial charge in [-0.2, -0.15) is 5.10 Å². The average molecular weight is 400 g/mol. The second kappa shape index (κ2) is 7.82. The van der Waals surface area contributed by atoms with Crippen LogP contribution in [0.15, 0.2) is 65.3 Å². The number of aromatic amines is 1. The molecule has 150 valence electrons. The van der Waals surface area contributed by atoms with Crippen molar-refractivity contribution < 1.29 is 9.21 Å². The number of nitrogens with zero attached hydrogens (tertiary/aromatic N) is 4. The maximum atomic E-state index is 12.6. The Morgan fingerprint density at radius 2 is 1.93 bits per heavy atom. The fourth-order valence-corrected chi connectivity index (χ4v) is 3.54. The third kappa shape index (κ3) is 3.67. The number of hydrogen-bond donors (Lipinski definition) is 2. The van der Waals surface area contributed by atoms with E-state index in [4.69, 9.17) is 4.42 Å². The molecule has 2 N–H and O–H groups in total. The van der Waals surface area contributed by atoms with Gasteiger partial charge >= 0.3 is 0 Å². The third-order valence-electron chi connectivity index (χ3n) is 5.09. The number of carbonyl (C=O) groups excluding carboxylic acids is 1. The van der Waals surface area contributed by atoms with Gasteiger partial charge in [-0.15, -0.1) is 10.2 Å². The van der Waals surface area contributed by atoms with Gasteiger partial charge in [0.05, 0.1) is 12.0 Å². The van der Waals surface area contributed by atoms with Crippen molar-refractivity contribution in [3.8, 4) is 22.7 Å². The fourth-order valence-electron chi connectivity index (χ4n) is 3.54. The number of H-pyrrole nitrogens is 1. The first kappa shape index (κ1) is 18.1. The van der Waals surface area contributed by atoms with E-state index in [2.05, 4.69) is 30.6 Å². The van der Waals surface area contributed by atoms with Crippen molar-refractivity contribution in [2.75, 3.05) is 23.3 Å². The highest BCUT2D eigenvalue weighted by atomic mass is 16.3. The standard InChI is InChI=1S/C22H20N6O2/c29-22(19-14-18(25-26-19)20-7-4-12-30-20)23-16-6-3-5-15(13-16)17-8-9-21(27-24-17)28-10-1-2-11-28/h3-9,12-14H,1-2,10-11H2,(H,23,29)(H,25,26). The van der Waals surface area contributed by atoms with Crippen LogP contribution in [0.2, 0.25) is 0 Å². The fraction of sp³-hybridized carbons (Fsp3) is 0.182. The molecule has 0 unspecified atom stereocenters. The molecule has 1 fully saturated rings. The Labute approximate surface area is 172 Å². The van der Waals surface area contributed by atoms with E-state index < -0.39 is 0 Å². The van der Waals surface area contributed by atoms with E-state index in [-0.39, 0.29) is 11.6 Å². The molecule has 0 spiro atoms. The maximum absolute atomic E-state index is 12.6. The van der Waals surface area contributed by atoms with Crippen LogP contribution < -0.4 is 10.2 Å². The zero-order valence-electron chi connectivity index (χ0n) is 16.2. The molecule has 8 nitrogen and oxygen atoms in total. The van der Waals surface area contributed by atoms with Crippen LogP contribution >= 0.6 is 0 Å². The zero-order chi connectivity index (χ0) is 20.3. The summed E-state index contributed by atoms with van der Waals surface area (Å²) in [5.41, 5.74) is 3.22. The molecule has 0 radical (unpaired) electrons. The van der Waals surface area contributed by atoms with Gasteiger partial charge in [-0.3, -0.25) is 9.89 Å². The minimum absolute atomic E-state index is 0.279. The molecule has 0 atom stereocenters. The van der Waals surface area contributed by atoms with Gasteiger partial charge < -0.3 is 14.6 Å². The molecule has 1 saturated heterocycles. The van der Waals surface area contributed by atoms with Crippen LogP contribution in [0.4, 0.5) is 11.5 Å². The lowest BCUT2D eigenvalue weighted by molar-refractivity contribution is 0.102. The Bertz CT molecular complexity index is 1140. The third-order valence-corrected chi connectivity index (χ3v) is 5.09. The Hall–Kier alpha value is -3.94. The summed E-state index contributed by atoms with van der Waals surface area (Å²) >= 11 is 0. The molecule has 8 heteroatoms. The van der Waals surface area contributed by atoms with Gasteiger partial charge in [0.1, 0.15) is 5.69 Å². The van der Waals surface area contributed by atoms with Crippen molar-refractivity contribution in [3.05, 3.63) is 66.6 Å². The lowest BCUT2D eigenvalue weighted by atomic mass is 10.1. The van der Waals surface area contributed by atoms with E-state index in [1.165, 1.54) is 12.8 Å². The largest absolute Gasteiger partial charge is 0.463 e. The second-order valence-electron chi connectivity index (χ2n) is 7.15. The van der Waals surface area contributed by atoms with Crippen LogP contribution in [0.5, 0.6) is 0 Å². The molecule has 0 aliphatic carbocycles. The van der Waals surface area contributed by atoms with Gasteiger partial charge in [-0.1, -0.05) is 12.1 Å². The van der Waals surface area contributed by atoms with E-state index in [1.54, 1.807) is 24.5 Å². The van der Waals surface area contributed by atoms with Crippen LogP contribution in [0, 0.1) is 0 Å². The van der Waals surface area contributed by atoms with Crippen LogP contribution in [0.25, 0.3) is 22.7 Å². The van der Waals surface area contributed by atoms with E-state index in [1.807, 2.05) is 36.4 Å². The van der Waals surface area contributed by atoms with E-state index in [0.717, 1.165) is 30.2 Å².